The van der Waals surface area contributed by atoms with Gasteiger partial charge in [-0.2, -0.15) is 0 Å². The molecule has 74 valence electrons. The summed E-state index contributed by atoms with van der Waals surface area (Å²) in [6.07, 6.45) is 5.16. The Kier molecular flexibility index (Phi) is 5.99. The quantitative estimate of drug-likeness (QED) is 0.627. The number of rotatable bonds is 5. The summed E-state index contributed by atoms with van der Waals surface area (Å²) < 4.78 is 0. The third kappa shape index (κ3) is 6.18. The lowest BCUT2D eigenvalue weighted by Crippen LogP contribution is -2.40. The maximum atomic E-state index is 11.3. The zero-order valence-corrected chi connectivity index (χ0v) is 8.63. The van der Waals surface area contributed by atoms with E-state index in [-0.39, 0.29) is 11.9 Å². The Labute approximate surface area is 80.5 Å². The number of nitrogens with one attached hydrogen (secondary N) is 1. The van der Waals surface area contributed by atoms with E-state index in [0.717, 1.165) is 6.54 Å². The maximum absolute atomic E-state index is 11.3. The standard InChI is InChI=1S/C10H18N2O/c1-5-7-12(6-2)8-10(13)11-9(3)4/h1,9H,6-8H2,2-4H3,(H,11,13). The number of terminal acetylenes is 1. The van der Waals surface area contributed by atoms with Crippen LogP contribution in [0.1, 0.15) is 20.8 Å². The first kappa shape index (κ1) is 12.0. The Morgan fingerprint density at radius 3 is 2.62 bits per heavy atom. The normalized spacial score (nSPS) is 10.2. The monoisotopic (exact) mass is 182 g/mol. The smallest absolute Gasteiger partial charge is 0.234 e. The van der Waals surface area contributed by atoms with Crippen LogP contribution in [0.25, 0.3) is 0 Å². The van der Waals surface area contributed by atoms with Crippen LogP contribution in [0.2, 0.25) is 0 Å². The fraction of sp³-hybridized carbons (Fsp3) is 0.700. The molecule has 0 saturated carbocycles. The highest BCUT2D eigenvalue weighted by Gasteiger charge is 2.07. The van der Waals surface area contributed by atoms with Crippen molar-refractivity contribution in [1.82, 2.24) is 10.2 Å². The average Bonchev–Trinajstić information content (AvgIpc) is 2.02. The molecular weight excluding hydrogens is 164 g/mol. The van der Waals surface area contributed by atoms with E-state index in [9.17, 15) is 4.79 Å². The largest absolute Gasteiger partial charge is 0.353 e. The van der Waals surface area contributed by atoms with Crippen molar-refractivity contribution < 1.29 is 4.79 Å². The molecule has 0 aromatic carbocycles. The first-order chi connectivity index (χ1) is 6.10. The molecule has 0 aliphatic rings. The van der Waals surface area contributed by atoms with Gasteiger partial charge in [-0.1, -0.05) is 12.8 Å². The van der Waals surface area contributed by atoms with Crippen LogP contribution in [-0.2, 0) is 4.79 Å². The van der Waals surface area contributed by atoms with E-state index in [4.69, 9.17) is 6.42 Å². The fourth-order valence-electron chi connectivity index (χ4n) is 0.979. The van der Waals surface area contributed by atoms with Crippen molar-refractivity contribution in [2.24, 2.45) is 0 Å². The molecule has 0 rings (SSSR count). The van der Waals surface area contributed by atoms with E-state index in [0.29, 0.717) is 13.1 Å². The highest BCUT2D eigenvalue weighted by atomic mass is 16.2. The molecule has 0 fully saturated rings. The summed E-state index contributed by atoms with van der Waals surface area (Å²) >= 11 is 0. The molecule has 0 heterocycles. The molecule has 0 bridgehead atoms. The molecule has 0 radical (unpaired) electrons. The number of hydrogen-bond acceptors (Lipinski definition) is 2. The lowest BCUT2D eigenvalue weighted by atomic mass is 10.3. The summed E-state index contributed by atoms with van der Waals surface area (Å²) in [6.45, 7) is 7.58. The van der Waals surface area contributed by atoms with Crippen molar-refractivity contribution >= 4 is 5.91 Å². The molecule has 0 atom stereocenters. The van der Waals surface area contributed by atoms with E-state index in [2.05, 4.69) is 11.2 Å². The van der Waals surface area contributed by atoms with Crippen molar-refractivity contribution in [3.05, 3.63) is 0 Å². The van der Waals surface area contributed by atoms with Crippen molar-refractivity contribution in [3.63, 3.8) is 0 Å². The van der Waals surface area contributed by atoms with Gasteiger partial charge >= 0.3 is 0 Å². The molecule has 0 saturated heterocycles. The van der Waals surface area contributed by atoms with Crippen LogP contribution in [0.5, 0.6) is 0 Å². The number of carbonyl (C=O) groups is 1. The first-order valence-corrected chi connectivity index (χ1v) is 4.55. The summed E-state index contributed by atoms with van der Waals surface area (Å²) in [6, 6.07) is 0.192. The number of likely N-dealkylation sites (N-methyl/N-ethyl adjacent to an activating group) is 1. The molecule has 3 heteroatoms. The summed E-state index contributed by atoms with van der Waals surface area (Å²) in [5.41, 5.74) is 0. The highest BCUT2D eigenvalue weighted by Crippen LogP contribution is 1.86. The van der Waals surface area contributed by atoms with Gasteiger partial charge in [0.15, 0.2) is 0 Å². The second-order valence-corrected chi connectivity index (χ2v) is 3.23. The molecule has 1 N–H and O–H groups in total. The van der Waals surface area contributed by atoms with E-state index < -0.39 is 0 Å². The van der Waals surface area contributed by atoms with Gasteiger partial charge in [0.1, 0.15) is 0 Å². The van der Waals surface area contributed by atoms with Crippen LogP contribution >= 0.6 is 0 Å². The molecule has 0 spiro atoms. The average molecular weight is 182 g/mol. The minimum atomic E-state index is 0.0344. The Morgan fingerprint density at radius 1 is 1.62 bits per heavy atom. The van der Waals surface area contributed by atoms with Crippen LogP contribution in [0, 0.1) is 12.3 Å². The Hall–Kier alpha value is -1.01. The van der Waals surface area contributed by atoms with Gasteiger partial charge < -0.3 is 5.32 Å². The summed E-state index contributed by atoms with van der Waals surface area (Å²) in [5.74, 6) is 2.56. The molecular formula is C10H18N2O. The number of carbonyl (C=O) groups excluding carboxylic acids is 1. The zero-order valence-electron chi connectivity index (χ0n) is 8.63. The third-order valence-corrected chi connectivity index (χ3v) is 1.58. The van der Waals surface area contributed by atoms with Gasteiger partial charge in [0.05, 0.1) is 13.1 Å². The van der Waals surface area contributed by atoms with Crippen molar-refractivity contribution in [1.29, 1.82) is 0 Å². The minimum absolute atomic E-state index is 0.0344. The Bertz CT molecular complexity index is 194. The Morgan fingerprint density at radius 2 is 2.23 bits per heavy atom. The first-order valence-electron chi connectivity index (χ1n) is 4.55. The van der Waals surface area contributed by atoms with E-state index in [1.807, 2.05) is 25.7 Å². The lowest BCUT2D eigenvalue weighted by molar-refractivity contribution is -0.122. The zero-order chi connectivity index (χ0) is 10.3. The lowest BCUT2D eigenvalue weighted by Gasteiger charge is -2.17. The fourth-order valence-corrected chi connectivity index (χ4v) is 0.979. The van der Waals surface area contributed by atoms with Crippen LogP contribution in [0.15, 0.2) is 0 Å². The second kappa shape index (κ2) is 6.50. The molecule has 3 nitrogen and oxygen atoms in total. The van der Waals surface area contributed by atoms with E-state index in [1.54, 1.807) is 0 Å². The molecule has 0 aliphatic carbocycles. The van der Waals surface area contributed by atoms with Crippen molar-refractivity contribution in [2.45, 2.75) is 26.8 Å². The van der Waals surface area contributed by atoms with Crippen molar-refractivity contribution in [3.8, 4) is 12.3 Å². The van der Waals surface area contributed by atoms with Gasteiger partial charge in [-0.3, -0.25) is 9.69 Å². The molecule has 0 aromatic rings. The second-order valence-electron chi connectivity index (χ2n) is 3.23. The van der Waals surface area contributed by atoms with Gasteiger partial charge in [-0.15, -0.1) is 6.42 Å². The predicted octanol–water partition coefficient (Wildman–Crippen LogP) is 0.466. The van der Waals surface area contributed by atoms with E-state index >= 15 is 0 Å². The predicted molar refractivity (Wildman–Crippen MR) is 54.2 cm³/mol. The van der Waals surface area contributed by atoms with Gasteiger partial charge in [0, 0.05) is 6.04 Å². The van der Waals surface area contributed by atoms with Crippen LogP contribution < -0.4 is 5.32 Å². The summed E-state index contributed by atoms with van der Waals surface area (Å²) in [4.78, 5) is 13.2. The minimum Gasteiger partial charge on any atom is -0.353 e. The molecule has 0 unspecified atom stereocenters. The number of amides is 1. The van der Waals surface area contributed by atoms with Crippen LogP contribution in [0.4, 0.5) is 0 Å². The van der Waals surface area contributed by atoms with Crippen LogP contribution in [0.3, 0.4) is 0 Å². The van der Waals surface area contributed by atoms with Gasteiger partial charge in [-0.05, 0) is 20.4 Å². The van der Waals surface area contributed by atoms with Gasteiger partial charge in [0.25, 0.3) is 0 Å². The van der Waals surface area contributed by atoms with Crippen LogP contribution in [-0.4, -0.2) is 36.5 Å². The van der Waals surface area contributed by atoms with Crippen molar-refractivity contribution in [2.75, 3.05) is 19.6 Å². The topological polar surface area (TPSA) is 32.3 Å². The highest BCUT2D eigenvalue weighted by molar-refractivity contribution is 5.78. The summed E-state index contributed by atoms with van der Waals surface area (Å²) in [5, 5.41) is 2.82. The molecule has 0 aromatic heterocycles. The van der Waals surface area contributed by atoms with E-state index in [1.165, 1.54) is 0 Å². The molecule has 1 amide bonds. The number of hydrogen-bond donors (Lipinski definition) is 1. The molecule has 13 heavy (non-hydrogen) atoms. The molecule has 0 aliphatic heterocycles. The van der Waals surface area contributed by atoms with Gasteiger partial charge in [0.2, 0.25) is 5.91 Å². The Balaban J connectivity index is 3.81. The SMILES string of the molecule is C#CCN(CC)CC(=O)NC(C)C. The third-order valence-electron chi connectivity index (χ3n) is 1.58. The van der Waals surface area contributed by atoms with Gasteiger partial charge in [-0.25, -0.2) is 0 Å². The number of nitrogens with zero attached hydrogens (tertiary/aromatic N) is 1. The summed E-state index contributed by atoms with van der Waals surface area (Å²) in [7, 11) is 0. The maximum Gasteiger partial charge on any atom is 0.234 e.